The number of hydrogen-bond acceptors (Lipinski definition) is 6. The summed E-state index contributed by atoms with van der Waals surface area (Å²) in [5.41, 5.74) is 1.45. The second kappa shape index (κ2) is 6.86. The van der Waals surface area contributed by atoms with Crippen molar-refractivity contribution < 1.29 is 17.9 Å². The van der Waals surface area contributed by atoms with E-state index in [1.807, 2.05) is 0 Å². The number of hydrogen-bond donors (Lipinski definition) is 2. The Hall–Kier alpha value is -1.78. The molecule has 3 heterocycles. The molecule has 0 aromatic carbocycles. The number of β-amino-alcohol motifs (C(OH)–C–C–N with tert-alkyl or cyclic N) is 1. The maximum atomic E-state index is 14.4. The minimum absolute atomic E-state index is 0.0687. The molecule has 2 aromatic rings. The van der Waals surface area contributed by atoms with Gasteiger partial charge in [-0.05, 0) is 43.6 Å². The van der Waals surface area contributed by atoms with Crippen molar-refractivity contribution in [3.63, 3.8) is 0 Å². The summed E-state index contributed by atoms with van der Waals surface area (Å²) in [6.07, 6.45) is 4.43. The summed E-state index contributed by atoms with van der Waals surface area (Å²) in [5, 5.41) is 17.9. The third-order valence-corrected chi connectivity index (χ3v) is 9.04. The average molecular weight is 438 g/mol. The SMILES string of the molecule is CC1(C)CC(c2cc(F)c3cnc(N[C@@H]4CCN(S(=O)(=O)C5CC5)C[C@H]4O)nn23)C1. The highest BCUT2D eigenvalue weighted by Gasteiger charge is 2.43. The molecule has 2 aromatic heterocycles. The first kappa shape index (κ1) is 20.1. The van der Waals surface area contributed by atoms with E-state index in [9.17, 15) is 17.9 Å². The van der Waals surface area contributed by atoms with Crippen LogP contribution in [-0.2, 0) is 10.0 Å². The number of sulfonamides is 1. The molecule has 30 heavy (non-hydrogen) atoms. The number of piperidine rings is 1. The van der Waals surface area contributed by atoms with Gasteiger partial charge in [-0.15, -0.1) is 5.10 Å². The Balaban J connectivity index is 1.32. The Morgan fingerprint density at radius 3 is 2.63 bits per heavy atom. The minimum Gasteiger partial charge on any atom is -0.390 e. The van der Waals surface area contributed by atoms with Crippen molar-refractivity contribution in [2.45, 2.75) is 69.3 Å². The summed E-state index contributed by atoms with van der Waals surface area (Å²) in [4.78, 5) is 4.22. The smallest absolute Gasteiger partial charge is 0.241 e. The molecule has 0 bridgehead atoms. The van der Waals surface area contributed by atoms with E-state index >= 15 is 0 Å². The van der Waals surface area contributed by atoms with Crippen LogP contribution in [0.2, 0.25) is 0 Å². The topological polar surface area (TPSA) is 99.8 Å². The van der Waals surface area contributed by atoms with E-state index in [-0.39, 0.29) is 35.0 Å². The molecule has 1 saturated heterocycles. The summed E-state index contributed by atoms with van der Waals surface area (Å²) in [5.74, 6) is 0.238. The molecule has 8 nitrogen and oxygen atoms in total. The van der Waals surface area contributed by atoms with Crippen LogP contribution in [0.1, 0.15) is 57.6 Å². The molecular formula is C20H28FN5O3S. The number of aromatic nitrogens is 3. The van der Waals surface area contributed by atoms with Gasteiger partial charge in [-0.25, -0.2) is 22.3 Å². The monoisotopic (exact) mass is 437 g/mol. The highest BCUT2D eigenvalue weighted by atomic mass is 32.2. The van der Waals surface area contributed by atoms with E-state index in [1.165, 1.54) is 10.5 Å². The first-order valence-corrected chi connectivity index (χ1v) is 12.1. The molecule has 10 heteroatoms. The van der Waals surface area contributed by atoms with Crippen LogP contribution >= 0.6 is 0 Å². The number of fused-ring (bicyclic) bond motifs is 1. The van der Waals surface area contributed by atoms with Gasteiger partial charge in [-0.3, -0.25) is 0 Å². The number of anilines is 1. The second-order valence-electron chi connectivity index (χ2n) is 9.77. The zero-order valence-electron chi connectivity index (χ0n) is 17.3. The van der Waals surface area contributed by atoms with Crippen molar-refractivity contribution in [1.29, 1.82) is 0 Å². The van der Waals surface area contributed by atoms with Crippen LogP contribution in [0.15, 0.2) is 12.3 Å². The molecule has 5 rings (SSSR count). The van der Waals surface area contributed by atoms with Crippen molar-refractivity contribution in [1.82, 2.24) is 18.9 Å². The molecule has 2 aliphatic carbocycles. The summed E-state index contributed by atoms with van der Waals surface area (Å²) in [6, 6.07) is 1.18. The average Bonchev–Trinajstić information content (AvgIpc) is 3.47. The quantitative estimate of drug-likeness (QED) is 0.743. The number of aliphatic hydroxyl groups excluding tert-OH is 1. The van der Waals surface area contributed by atoms with E-state index in [2.05, 4.69) is 29.2 Å². The van der Waals surface area contributed by atoms with Gasteiger partial charge in [0.05, 0.1) is 23.6 Å². The van der Waals surface area contributed by atoms with E-state index in [4.69, 9.17) is 0 Å². The van der Waals surface area contributed by atoms with Crippen molar-refractivity contribution in [3.8, 4) is 0 Å². The van der Waals surface area contributed by atoms with Gasteiger partial charge in [0.2, 0.25) is 16.0 Å². The molecule has 0 unspecified atom stereocenters. The zero-order chi connectivity index (χ0) is 21.3. The van der Waals surface area contributed by atoms with E-state index in [0.717, 1.165) is 18.5 Å². The lowest BCUT2D eigenvalue weighted by Gasteiger charge is -2.42. The van der Waals surface area contributed by atoms with Gasteiger partial charge in [0.15, 0.2) is 5.82 Å². The minimum atomic E-state index is -3.30. The highest BCUT2D eigenvalue weighted by molar-refractivity contribution is 7.90. The van der Waals surface area contributed by atoms with Gasteiger partial charge in [-0.2, -0.15) is 4.31 Å². The van der Waals surface area contributed by atoms with Crippen molar-refractivity contribution in [3.05, 3.63) is 23.8 Å². The largest absolute Gasteiger partial charge is 0.390 e. The highest BCUT2D eigenvalue weighted by Crippen LogP contribution is 2.50. The second-order valence-corrected chi connectivity index (χ2v) is 12.0. The fourth-order valence-electron chi connectivity index (χ4n) is 4.86. The Morgan fingerprint density at radius 2 is 2.00 bits per heavy atom. The summed E-state index contributed by atoms with van der Waals surface area (Å²) < 4.78 is 42.2. The molecule has 0 amide bonds. The Kier molecular flexibility index (Phi) is 4.61. The number of halogens is 1. The summed E-state index contributed by atoms with van der Waals surface area (Å²) in [7, 11) is -3.30. The number of nitrogens with one attached hydrogen (secondary N) is 1. The van der Waals surface area contributed by atoms with E-state index in [0.29, 0.717) is 37.3 Å². The Morgan fingerprint density at radius 1 is 1.27 bits per heavy atom. The maximum absolute atomic E-state index is 14.4. The van der Waals surface area contributed by atoms with Gasteiger partial charge < -0.3 is 10.4 Å². The van der Waals surface area contributed by atoms with Crippen molar-refractivity contribution in [2.75, 3.05) is 18.4 Å². The van der Waals surface area contributed by atoms with E-state index < -0.39 is 16.1 Å². The van der Waals surface area contributed by atoms with E-state index in [1.54, 1.807) is 10.6 Å². The molecule has 2 N–H and O–H groups in total. The standard InChI is InChI=1S/C20H28FN5O3S/c1-20(2)8-12(9-20)16-7-14(21)17-10-22-19(24-26(16)17)23-15-5-6-25(11-18(15)27)30(28,29)13-3-4-13/h7,10,12-13,15,18,27H,3-6,8-9,11H2,1-2H3,(H,23,24)/t15-,18-/m1/s1. The lowest BCUT2D eigenvalue weighted by Crippen LogP contribution is -2.52. The van der Waals surface area contributed by atoms with Crippen LogP contribution in [0.5, 0.6) is 0 Å². The molecule has 2 atom stereocenters. The van der Waals surface area contributed by atoms with Gasteiger partial charge in [0, 0.05) is 24.7 Å². The molecular weight excluding hydrogens is 409 g/mol. The Labute approximate surface area is 175 Å². The van der Waals surface area contributed by atoms with Crippen LogP contribution < -0.4 is 5.32 Å². The van der Waals surface area contributed by atoms with Crippen LogP contribution in [-0.4, -0.2) is 62.9 Å². The molecule has 164 valence electrons. The number of aliphatic hydroxyl groups is 1. The van der Waals surface area contributed by atoms with Crippen LogP contribution in [0.25, 0.3) is 5.52 Å². The molecule has 2 saturated carbocycles. The third-order valence-electron chi connectivity index (χ3n) is 6.68. The van der Waals surface area contributed by atoms with Gasteiger partial charge in [0.1, 0.15) is 5.52 Å². The molecule has 1 aliphatic heterocycles. The summed E-state index contributed by atoms with van der Waals surface area (Å²) in [6.45, 7) is 4.83. The first-order chi connectivity index (χ1) is 14.1. The fraction of sp³-hybridized carbons (Fsp3) is 0.700. The van der Waals surface area contributed by atoms with Crippen LogP contribution in [0, 0.1) is 11.2 Å². The van der Waals surface area contributed by atoms with Gasteiger partial charge in [0.25, 0.3) is 0 Å². The normalized spacial score (nSPS) is 27.9. The third kappa shape index (κ3) is 3.48. The lowest BCUT2D eigenvalue weighted by molar-refractivity contribution is 0.0946. The molecule has 3 fully saturated rings. The lowest BCUT2D eigenvalue weighted by atomic mass is 9.63. The van der Waals surface area contributed by atoms with Gasteiger partial charge >= 0.3 is 0 Å². The molecule has 0 spiro atoms. The number of nitrogens with zero attached hydrogens (tertiary/aromatic N) is 4. The fourth-order valence-corrected chi connectivity index (χ4v) is 6.73. The summed E-state index contributed by atoms with van der Waals surface area (Å²) >= 11 is 0. The molecule has 3 aliphatic rings. The predicted octanol–water partition coefficient (Wildman–Crippen LogP) is 2.11. The van der Waals surface area contributed by atoms with Crippen molar-refractivity contribution in [2.24, 2.45) is 5.41 Å². The van der Waals surface area contributed by atoms with Crippen LogP contribution in [0.3, 0.4) is 0 Å². The zero-order valence-corrected chi connectivity index (χ0v) is 18.1. The molecule has 0 radical (unpaired) electrons. The van der Waals surface area contributed by atoms with Crippen molar-refractivity contribution >= 4 is 21.5 Å². The van der Waals surface area contributed by atoms with Gasteiger partial charge in [-0.1, -0.05) is 13.8 Å². The van der Waals surface area contributed by atoms with Crippen LogP contribution in [0.4, 0.5) is 10.3 Å². The Bertz CT molecular complexity index is 1070. The first-order valence-electron chi connectivity index (χ1n) is 10.6. The number of rotatable bonds is 5. The predicted molar refractivity (Wildman–Crippen MR) is 110 cm³/mol. The maximum Gasteiger partial charge on any atom is 0.241 e.